The Morgan fingerprint density at radius 3 is 2.54 bits per heavy atom. The van der Waals surface area contributed by atoms with Gasteiger partial charge in [0.25, 0.3) is 0 Å². The van der Waals surface area contributed by atoms with Crippen LogP contribution in [0.2, 0.25) is 0 Å². The highest BCUT2D eigenvalue weighted by molar-refractivity contribution is 4.94. The van der Waals surface area contributed by atoms with Gasteiger partial charge in [-0.25, -0.2) is 0 Å². The van der Waals surface area contributed by atoms with Gasteiger partial charge in [0.05, 0.1) is 0 Å². The van der Waals surface area contributed by atoms with E-state index in [4.69, 9.17) is 0 Å². The molecule has 1 nitrogen and oxygen atoms in total. The first-order valence-electron chi connectivity index (χ1n) is 6.14. The molecule has 0 radical (unpaired) electrons. The molecule has 1 N–H and O–H groups in total. The minimum atomic E-state index is 1.05. The molecule has 1 heteroatoms. The summed E-state index contributed by atoms with van der Waals surface area (Å²) in [6, 6.07) is 0. The van der Waals surface area contributed by atoms with Gasteiger partial charge in [0.15, 0.2) is 0 Å². The van der Waals surface area contributed by atoms with E-state index < -0.39 is 0 Å². The van der Waals surface area contributed by atoms with Crippen molar-refractivity contribution in [2.75, 3.05) is 13.1 Å². The first kappa shape index (κ1) is 8.28. The molecule has 1 saturated heterocycles. The van der Waals surface area contributed by atoms with Gasteiger partial charge in [-0.2, -0.15) is 0 Å². The lowest BCUT2D eigenvalue weighted by atomic mass is 9.76. The Balaban J connectivity index is 1.65. The molecule has 4 atom stereocenters. The number of piperidine rings is 1. The zero-order chi connectivity index (χ0) is 8.67. The van der Waals surface area contributed by atoms with Gasteiger partial charge in [-0.1, -0.05) is 6.42 Å². The maximum absolute atomic E-state index is 3.57. The number of nitrogens with one attached hydrogen (secondary N) is 1. The highest BCUT2D eigenvalue weighted by atomic mass is 14.9. The molecule has 0 aromatic rings. The Labute approximate surface area is 81.3 Å². The summed E-state index contributed by atoms with van der Waals surface area (Å²) in [7, 11) is 0. The molecule has 0 amide bonds. The number of rotatable bonds is 1. The fraction of sp³-hybridized carbons (Fsp3) is 1.00. The van der Waals surface area contributed by atoms with E-state index in [1.54, 1.807) is 25.7 Å². The molecule has 0 spiro atoms. The highest BCUT2D eigenvalue weighted by Gasteiger charge is 2.42. The second-order valence-corrected chi connectivity index (χ2v) is 5.45. The molecule has 0 aromatic heterocycles. The molecule has 3 aliphatic rings. The number of hydrogen-bond donors (Lipinski definition) is 1. The molecule has 2 bridgehead atoms. The smallest absolute Gasteiger partial charge is 0.00178 e. The van der Waals surface area contributed by atoms with E-state index in [2.05, 4.69) is 5.32 Å². The molecule has 4 unspecified atom stereocenters. The van der Waals surface area contributed by atoms with Crippen LogP contribution in [0.25, 0.3) is 0 Å². The van der Waals surface area contributed by atoms with Crippen LogP contribution in [-0.2, 0) is 0 Å². The van der Waals surface area contributed by atoms with E-state index in [1.807, 2.05) is 0 Å². The molecule has 2 aliphatic carbocycles. The second kappa shape index (κ2) is 3.27. The van der Waals surface area contributed by atoms with Crippen molar-refractivity contribution in [1.82, 2.24) is 5.32 Å². The van der Waals surface area contributed by atoms with E-state index in [1.165, 1.54) is 25.9 Å². The van der Waals surface area contributed by atoms with E-state index in [-0.39, 0.29) is 0 Å². The van der Waals surface area contributed by atoms with Crippen LogP contribution in [0.3, 0.4) is 0 Å². The third kappa shape index (κ3) is 1.41. The van der Waals surface area contributed by atoms with Gasteiger partial charge in [0.1, 0.15) is 0 Å². The SMILES string of the molecule is C1CNCC(C2CC3CCC2C3)C1. The van der Waals surface area contributed by atoms with Gasteiger partial charge in [-0.3, -0.25) is 0 Å². The van der Waals surface area contributed by atoms with Gasteiger partial charge in [-0.15, -0.1) is 0 Å². The van der Waals surface area contributed by atoms with Crippen molar-refractivity contribution in [3.05, 3.63) is 0 Å². The van der Waals surface area contributed by atoms with Crippen molar-refractivity contribution in [2.45, 2.75) is 38.5 Å². The van der Waals surface area contributed by atoms with Gasteiger partial charge in [0, 0.05) is 0 Å². The zero-order valence-electron chi connectivity index (χ0n) is 8.47. The molecule has 0 aromatic carbocycles. The van der Waals surface area contributed by atoms with Crippen molar-refractivity contribution < 1.29 is 0 Å². The van der Waals surface area contributed by atoms with Gasteiger partial charge in [-0.05, 0) is 68.9 Å². The standard InChI is InChI=1S/C12H21N/c1-2-11(8-13-5-1)12-7-9-3-4-10(12)6-9/h9-13H,1-8H2. The van der Waals surface area contributed by atoms with Gasteiger partial charge >= 0.3 is 0 Å². The first-order chi connectivity index (χ1) is 6.43. The summed E-state index contributed by atoms with van der Waals surface area (Å²) in [6.07, 6.45) is 9.23. The van der Waals surface area contributed by atoms with Crippen molar-refractivity contribution >= 4 is 0 Å². The fourth-order valence-corrected chi connectivity index (χ4v) is 4.12. The minimum Gasteiger partial charge on any atom is -0.316 e. The quantitative estimate of drug-likeness (QED) is 0.652. The Bertz CT molecular complexity index is 184. The summed E-state index contributed by atoms with van der Waals surface area (Å²) in [5, 5.41) is 3.57. The highest BCUT2D eigenvalue weighted by Crippen LogP contribution is 2.51. The Morgan fingerprint density at radius 1 is 0.923 bits per heavy atom. The average Bonchev–Trinajstić information content (AvgIpc) is 2.80. The molecule has 3 fully saturated rings. The molecule has 1 heterocycles. The van der Waals surface area contributed by atoms with Crippen LogP contribution in [0.1, 0.15) is 38.5 Å². The van der Waals surface area contributed by atoms with Crippen LogP contribution < -0.4 is 5.32 Å². The van der Waals surface area contributed by atoms with E-state index in [9.17, 15) is 0 Å². The van der Waals surface area contributed by atoms with Gasteiger partial charge in [0.2, 0.25) is 0 Å². The average molecular weight is 179 g/mol. The Kier molecular flexibility index (Phi) is 2.08. The molecular formula is C12H21N. The van der Waals surface area contributed by atoms with Crippen LogP contribution in [0, 0.1) is 23.7 Å². The van der Waals surface area contributed by atoms with Crippen molar-refractivity contribution in [3.63, 3.8) is 0 Å². The third-order valence-electron chi connectivity index (χ3n) is 4.73. The van der Waals surface area contributed by atoms with Crippen LogP contribution >= 0.6 is 0 Å². The van der Waals surface area contributed by atoms with E-state index >= 15 is 0 Å². The first-order valence-corrected chi connectivity index (χ1v) is 6.14. The topological polar surface area (TPSA) is 12.0 Å². The van der Waals surface area contributed by atoms with Gasteiger partial charge < -0.3 is 5.32 Å². The fourth-order valence-electron chi connectivity index (χ4n) is 4.12. The lowest BCUT2D eigenvalue weighted by molar-refractivity contribution is 0.191. The van der Waals surface area contributed by atoms with E-state index in [0.717, 1.165) is 23.7 Å². The van der Waals surface area contributed by atoms with Crippen molar-refractivity contribution in [2.24, 2.45) is 23.7 Å². The summed E-state index contributed by atoms with van der Waals surface area (Å²) < 4.78 is 0. The summed E-state index contributed by atoms with van der Waals surface area (Å²) in [6.45, 7) is 2.60. The lowest BCUT2D eigenvalue weighted by Gasteiger charge is -2.33. The predicted octanol–water partition coefficient (Wildman–Crippen LogP) is 2.42. The Morgan fingerprint density at radius 2 is 1.92 bits per heavy atom. The maximum atomic E-state index is 3.57. The molecular weight excluding hydrogens is 158 g/mol. The van der Waals surface area contributed by atoms with Crippen LogP contribution in [0.5, 0.6) is 0 Å². The second-order valence-electron chi connectivity index (χ2n) is 5.45. The molecule has 13 heavy (non-hydrogen) atoms. The van der Waals surface area contributed by atoms with Crippen molar-refractivity contribution in [3.8, 4) is 0 Å². The van der Waals surface area contributed by atoms with Crippen LogP contribution in [0.4, 0.5) is 0 Å². The maximum Gasteiger partial charge on any atom is -0.00178 e. The predicted molar refractivity (Wildman–Crippen MR) is 54.5 cm³/mol. The summed E-state index contributed by atoms with van der Waals surface area (Å²) in [5.74, 6) is 4.43. The van der Waals surface area contributed by atoms with Crippen LogP contribution in [-0.4, -0.2) is 13.1 Å². The minimum absolute atomic E-state index is 1.05. The molecule has 2 saturated carbocycles. The lowest BCUT2D eigenvalue weighted by Crippen LogP contribution is -2.35. The molecule has 3 rings (SSSR count). The largest absolute Gasteiger partial charge is 0.316 e. The Hall–Kier alpha value is -0.0400. The molecule has 74 valence electrons. The summed E-state index contributed by atoms with van der Waals surface area (Å²) >= 11 is 0. The van der Waals surface area contributed by atoms with E-state index in [0.29, 0.717) is 0 Å². The monoisotopic (exact) mass is 179 g/mol. The summed E-state index contributed by atoms with van der Waals surface area (Å²) in [5.41, 5.74) is 0. The third-order valence-corrected chi connectivity index (χ3v) is 4.73. The number of fused-ring (bicyclic) bond motifs is 2. The van der Waals surface area contributed by atoms with Crippen LogP contribution in [0.15, 0.2) is 0 Å². The van der Waals surface area contributed by atoms with Crippen molar-refractivity contribution in [1.29, 1.82) is 0 Å². The number of hydrogen-bond acceptors (Lipinski definition) is 1. The molecule has 1 aliphatic heterocycles. The normalized spacial score (nSPS) is 49.8. The zero-order valence-corrected chi connectivity index (χ0v) is 8.47. The summed E-state index contributed by atoms with van der Waals surface area (Å²) in [4.78, 5) is 0.